The van der Waals surface area contributed by atoms with Crippen molar-refractivity contribution >= 4 is 34.7 Å². The van der Waals surface area contributed by atoms with Crippen LogP contribution in [0.5, 0.6) is 0 Å². The molecular formula is C25H18Cl2N2O. The molecule has 3 aromatic carbocycles. The second-order valence-electron chi connectivity index (χ2n) is 6.96. The Morgan fingerprint density at radius 3 is 2.27 bits per heavy atom. The molecular weight excluding hydrogens is 415 g/mol. The van der Waals surface area contributed by atoms with Gasteiger partial charge in [0.15, 0.2) is 5.78 Å². The summed E-state index contributed by atoms with van der Waals surface area (Å²) in [5, 5.41) is 1.17. The number of nitrogen functional groups attached to an aromatic ring is 1. The van der Waals surface area contributed by atoms with Crippen molar-refractivity contribution in [2.75, 3.05) is 5.73 Å². The first-order valence-electron chi connectivity index (χ1n) is 9.38. The molecule has 1 unspecified atom stereocenters. The van der Waals surface area contributed by atoms with E-state index in [1.165, 1.54) is 0 Å². The van der Waals surface area contributed by atoms with Gasteiger partial charge in [-0.3, -0.25) is 9.78 Å². The third-order valence-electron chi connectivity index (χ3n) is 4.96. The Hall–Kier alpha value is -3.14. The minimum absolute atomic E-state index is 0.123. The SMILES string of the molecule is Nc1ccc(C(c2ccc(Cl)cc2)c2cccnc2)cc1C(=O)c1cccc(Cl)c1. The smallest absolute Gasteiger partial charge is 0.195 e. The highest BCUT2D eigenvalue weighted by Crippen LogP contribution is 2.34. The molecule has 3 nitrogen and oxygen atoms in total. The van der Waals surface area contributed by atoms with Crippen LogP contribution in [-0.2, 0) is 0 Å². The number of carbonyl (C=O) groups is 1. The van der Waals surface area contributed by atoms with Crippen LogP contribution in [0.1, 0.15) is 38.5 Å². The summed E-state index contributed by atoms with van der Waals surface area (Å²) in [6, 6.07) is 24.0. The van der Waals surface area contributed by atoms with Crippen molar-refractivity contribution in [1.29, 1.82) is 0 Å². The molecule has 30 heavy (non-hydrogen) atoms. The van der Waals surface area contributed by atoms with Gasteiger partial charge in [0.25, 0.3) is 0 Å². The predicted molar refractivity (Wildman–Crippen MR) is 122 cm³/mol. The first-order valence-corrected chi connectivity index (χ1v) is 10.1. The van der Waals surface area contributed by atoms with Crippen LogP contribution in [0.4, 0.5) is 5.69 Å². The van der Waals surface area contributed by atoms with Crippen molar-refractivity contribution in [2.45, 2.75) is 5.92 Å². The first kappa shape index (κ1) is 20.1. The third kappa shape index (κ3) is 4.23. The fourth-order valence-electron chi connectivity index (χ4n) is 3.51. The molecule has 2 N–H and O–H groups in total. The van der Waals surface area contributed by atoms with Gasteiger partial charge in [-0.25, -0.2) is 0 Å². The lowest BCUT2D eigenvalue weighted by atomic mass is 9.84. The maximum atomic E-state index is 13.1. The quantitative estimate of drug-likeness (QED) is 0.293. The molecule has 148 valence electrons. The summed E-state index contributed by atoms with van der Waals surface area (Å²) in [7, 11) is 0. The molecule has 0 aliphatic heterocycles. The van der Waals surface area contributed by atoms with E-state index in [1.807, 2.05) is 54.7 Å². The lowest BCUT2D eigenvalue weighted by Crippen LogP contribution is -2.09. The zero-order valence-electron chi connectivity index (χ0n) is 15.9. The molecule has 0 saturated heterocycles. The summed E-state index contributed by atoms with van der Waals surface area (Å²) in [4.78, 5) is 17.4. The highest BCUT2D eigenvalue weighted by molar-refractivity contribution is 6.31. The van der Waals surface area contributed by atoms with Crippen LogP contribution in [0, 0.1) is 0 Å². The number of aromatic nitrogens is 1. The zero-order valence-corrected chi connectivity index (χ0v) is 17.4. The second kappa shape index (κ2) is 8.70. The number of nitrogens with zero attached hydrogens (tertiary/aromatic N) is 1. The van der Waals surface area contributed by atoms with E-state index in [0.717, 1.165) is 16.7 Å². The van der Waals surface area contributed by atoms with Crippen molar-refractivity contribution in [1.82, 2.24) is 4.98 Å². The van der Waals surface area contributed by atoms with E-state index in [4.69, 9.17) is 28.9 Å². The topological polar surface area (TPSA) is 56.0 Å². The van der Waals surface area contributed by atoms with E-state index in [2.05, 4.69) is 4.98 Å². The fraction of sp³-hybridized carbons (Fsp3) is 0.0400. The second-order valence-corrected chi connectivity index (χ2v) is 7.83. The maximum Gasteiger partial charge on any atom is 0.195 e. The number of ketones is 1. The summed E-state index contributed by atoms with van der Waals surface area (Å²) in [6.07, 6.45) is 3.56. The van der Waals surface area contributed by atoms with Crippen LogP contribution in [0.15, 0.2) is 91.3 Å². The number of anilines is 1. The molecule has 0 radical (unpaired) electrons. The van der Waals surface area contributed by atoms with Crippen LogP contribution in [0.25, 0.3) is 0 Å². The molecule has 0 saturated carbocycles. The Morgan fingerprint density at radius 2 is 1.57 bits per heavy atom. The fourth-order valence-corrected chi connectivity index (χ4v) is 3.83. The molecule has 0 amide bonds. The molecule has 4 rings (SSSR count). The summed E-state index contributed by atoms with van der Waals surface area (Å²) < 4.78 is 0. The number of benzene rings is 3. The monoisotopic (exact) mass is 432 g/mol. The number of rotatable bonds is 5. The van der Waals surface area contributed by atoms with Crippen molar-refractivity contribution in [3.63, 3.8) is 0 Å². The summed E-state index contributed by atoms with van der Waals surface area (Å²) in [5.41, 5.74) is 10.5. The maximum absolute atomic E-state index is 13.1. The van der Waals surface area contributed by atoms with Crippen LogP contribution >= 0.6 is 23.2 Å². The molecule has 1 heterocycles. The Labute approximate surface area is 185 Å². The van der Waals surface area contributed by atoms with Crippen LogP contribution in [-0.4, -0.2) is 10.8 Å². The van der Waals surface area contributed by atoms with E-state index >= 15 is 0 Å². The van der Waals surface area contributed by atoms with Gasteiger partial charge in [-0.2, -0.15) is 0 Å². The van der Waals surface area contributed by atoms with Gasteiger partial charge >= 0.3 is 0 Å². The number of hydrogen-bond donors (Lipinski definition) is 1. The molecule has 1 aromatic heterocycles. The van der Waals surface area contributed by atoms with Gasteiger partial charge in [-0.05, 0) is 59.2 Å². The number of nitrogens with two attached hydrogens (primary N) is 1. The van der Waals surface area contributed by atoms with Crippen molar-refractivity contribution in [3.8, 4) is 0 Å². The average molecular weight is 433 g/mol. The van der Waals surface area contributed by atoms with E-state index in [1.54, 1.807) is 36.5 Å². The minimum Gasteiger partial charge on any atom is -0.398 e. The van der Waals surface area contributed by atoms with Gasteiger partial charge in [0.1, 0.15) is 0 Å². The van der Waals surface area contributed by atoms with E-state index in [0.29, 0.717) is 26.9 Å². The molecule has 0 fully saturated rings. The number of hydrogen-bond acceptors (Lipinski definition) is 3. The van der Waals surface area contributed by atoms with Crippen molar-refractivity contribution < 1.29 is 4.79 Å². The van der Waals surface area contributed by atoms with Gasteiger partial charge in [0, 0.05) is 45.2 Å². The van der Waals surface area contributed by atoms with E-state index in [-0.39, 0.29) is 11.7 Å². The third-order valence-corrected chi connectivity index (χ3v) is 5.45. The molecule has 5 heteroatoms. The van der Waals surface area contributed by atoms with Gasteiger partial charge in [-0.1, -0.05) is 59.6 Å². The largest absolute Gasteiger partial charge is 0.398 e. The lowest BCUT2D eigenvalue weighted by Gasteiger charge is -2.20. The number of pyridine rings is 1. The van der Waals surface area contributed by atoms with Gasteiger partial charge in [-0.15, -0.1) is 0 Å². The summed E-state index contributed by atoms with van der Waals surface area (Å²) in [5.74, 6) is -0.291. The van der Waals surface area contributed by atoms with Crippen molar-refractivity contribution in [3.05, 3.63) is 129 Å². The molecule has 0 aliphatic carbocycles. The van der Waals surface area contributed by atoms with E-state index < -0.39 is 0 Å². The van der Waals surface area contributed by atoms with Gasteiger partial charge in [0.05, 0.1) is 0 Å². The highest BCUT2D eigenvalue weighted by atomic mass is 35.5. The van der Waals surface area contributed by atoms with Gasteiger partial charge < -0.3 is 5.73 Å². The number of halogens is 2. The minimum atomic E-state index is -0.169. The average Bonchev–Trinajstić information content (AvgIpc) is 2.77. The summed E-state index contributed by atoms with van der Waals surface area (Å²) in [6.45, 7) is 0. The van der Waals surface area contributed by atoms with Crippen molar-refractivity contribution in [2.24, 2.45) is 0 Å². The number of carbonyl (C=O) groups excluding carboxylic acids is 1. The van der Waals surface area contributed by atoms with Crippen LogP contribution in [0.2, 0.25) is 10.0 Å². The van der Waals surface area contributed by atoms with Crippen LogP contribution < -0.4 is 5.73 Å². The normalized spacial score (nSPS) is 11.8. The molecule has 1 atom stereocenters. The predicted octanol–water partition coefficient (Wildman–Crippen LogP) is 6.38. The standard InChI is InChI=1S/C25H18Cl2N2O/c26-20-9-6-16(7-10-20)24(19-4-2-12-29-15-19)17-8-11-23(28)22(14-17)25(30)18-3-1-5-21(27)13-18/h1-15,24H,28H2. The Balaban J connectivity index is 1.83. The Bertz CT molecular complexity index is 1190. The zero-order chi connectivity index (χ0) is 21.1. The summed E-state index contributed by atoms with van der Waals surface area (Å²) >= 11 is 12.2. The highest BCUT2D eigenvalue weighted by Gasteiger charge is 2.20. The molecule has 0 spiro atoms. The first-order chi connectivity index (χ1) is 14.5. The lowest BCUT2D eigenvalue weighted by molar-refractivity contribution is 0.103. The Kier molecular flexibility index (Phi) is 5.84. The van der Waals surface area contributed by atoms with E-state index in [9.17, 15) is 4.79 Å². The van der Waals surface area contributed by atoms with Crippen LogP contribution in [0.3, 0.4) is 0 Å². The molecule has 4 aromatic rings. The molecule has 0 bridgehead atoms. The Morgan fingerprint density at radius 1 is 0.800 bits per heavy atom. The van der Waals surface area contributed by atoms with Gasteiger partial charge in [0.2, 0.25) is 0 Å². The molecule has 0 aliphatic rings.